The van der Waals surface area contributed by atoms with Crippen LogP contribution >= 0.6 is 11.6 Å². The number of ketones is 1. The summed E-state index contributed by atoms with van der Waals surface area (Å²) in [6, 6.07) is 21.2. The Hall–Kier alpha value is -4.00. The molecule has 2 N–H and O–H groups in total. The lowest BCUT2D eigenvalue weighted by Gasteiger charge is -2.19. The van der Waals surface area contributed by atoms with Gasteiger partial charge in [-0.05, 0) is 71.8 Å². The average molecular weight is 613 g/mol. The van der Waals surface area contributed by atoms with E-state index in [4.69, 9.17) is 16.3 Å². The second kappa shape index (κ2) is 16.2. The summed E-state index contributed by atoms with van der Waals surface area (Å²) in [5, 5.41) is 13.5. The van der Waals surface area contributed by atoms with E-state index in [1.54, 1.807) is 18.5 Å². The van der Waals surface area contributed by atoms with E-state index in [1.807, 2.05) is 42.5 Å². The maximum Gasteiger partial charge on any atom is 0.320 e. The van der Waals surface area contributed by atoms with Crippen LogP contribution in [0.1, 0.15) is 79.4 Å². The molecule has 6 nitrogen and oxygen atoms in total. The number of hydrogen-bond acceptors (Lipinski definition) is 5. The number of aliphatic carboxylic acids is 1. The normalized spacial score (nSPS) is 11.7. The Morgan fingerprint density at radius 1 is 0.909 bits per heavy atom. The van der Waals surface area contributed by atoms with E-state index >= 15 is 0 Å². The molecular weight excluding hydrogens is 572 g/mol. The second-order valence-electron chi connectivity index (χ2n) is 11.2. The number of nitrogens with zero attached hydrogens (tertiary/aromatic N) is 1. The Bertz CT molecular complexity index is 1570. The van der Waals surface area contributed by atoms with Crippen LogP contribution in [0, 0.1) is 6.92 Å². The number of carbonyl (C=O) groups excluding carboxylic acids is 1. The first-order valence-corrected chi connectivity index (χ1v) is 15.7. The Morgan fingerprint density at radius 3 is 2.41 bits per heavy atom. The van der Waals surface area contributed by atoms with Gasteiger partial charge in [-0.15, -0.1) is 0 Å². The zero-order chi connectivity index (χ0) is 31.5. The van der Waals surface area contributed by atoms with Crippen LogP contribution in [0.5, 0.6) is 5.75 Å². The topological polar surface area (TPSA) is 88.5 Å². The molecule has 0 aliphatic rings. The van der Waals surface area contributed by atoms with Crippen LogP contribution in [0.2, 0.25) is 5.02 Å². The quantitative estimate of drug-likeness (QED) is 0.0969. The lowest BCUT2D eigenvalue weighted by atomic mass is 9.96. The lowest BCUT2D eigenvalue weighted by Crippen LogP contribution is -2.36. The van der Waals surface area contributed by atoms with Gasteiger partial charge in [0.15, 0.2) is 5.78 Å². The molecule has 0 bridgehead atoms. The number of ether oxygens (including phenoxy) is 1. The van der Waals surface area contributed by atoms with Crippen LogP contribution in [0.25, 0.3) is 22.3 Å². The summed E-state index contributed by atoms with van der Waals surface area (Å²) < 4.78 is 6.30. The number of carboxylic acids is 1. The van der Waals surface area contributed by atoms with Crippen molar-refractivity contribution in [1.29, 1.82) is 0 Å². The van der Waals surface area contributed by atoms with Gasteiger partial charge in [-0.1, -0.05) is 99.2 Å². The molecule has 44 heavy (non-hydrogen) atoms. The third-order valence-electron chi connectivity index (χ3n) is 7.96. The van der Waals surface area contributed by atoms with E-state index in [0.29, 0.717) is 29.4 Å². The van der Waals surface area contributed by atoms with E-state index < -0.39 is 12.0 Å². The molecule has 1 heterocycles. The molecule has 4 aromatic rings. The van der Waals surface area contributed by atoms with Crippen LogP contribution < -0.4 is 10.1 Å². The molecule has 1 aromatic heterocycles. The number of rotatable bonds is 16. The van der Waals surface area contributed by atoms with Gasteiger partial charge in [0, 0.05) is 30.1 Å². The highest BCUT2D eigenvalue weighted by Crippen LogP contribution is 2.36. The zero-order valence-corrected chi connectivity index (χ0v) is 26.5. The molecule has 0 fully saturated rings. The van der Waals surface area contributed by atoms with E-state index in [-0.39, 0.29) is 12.3 Å². The van der Waals surface area contributed by atoms with Crippen molar-refractivity contribution in [3.63, 3.8) is 0 Å². The molecule has 0 unspecified atom stereocenters. The number of pyridine rings is 1. The van der Waals surface area contributed by atoms with Gasteiger partial charge in [-0.3, -0.25) is 14.6 Å². The van der Waals surface area contributed by atoms with Gasteiger partial charge in [0.25, 0.3) is 0 Å². The number of unbranched alkanes of at least 4 members (excludes halogenated alkanes) is 4. The smallest absolute Gasteiger partial charge is 0.320 e. The summed E-state index contributed by atoms with van der Waals surface area (Å²) in [6.45, 7) is 6.35. The van der Waals surface area contributed by atoms with Crippen LogP contribution in [-0.2, 0) is 17.9 Å². The molecule has 0 saturated heterocycles. The molecule has 230 valence electrons. The molecular formula is C37H41ClN2O4. The highest BCUT2D eigenvalue weighted by Gasteiger charge is 2.19. The Morgan fingerprint density at radius 2 is 1.68 bits per heavy atom. The number of nitrogens with one attached hydrogen (secondary N) is 1. The number of Topliss-reactive ketones (excluding diaryl/α,β-unsaturated/α-hetero) is 1. The van der Waals surface area contributed by atoms with Crippen LogP contribution in [0.3, 0.4) is 0 Å². The fourth-order valence-corrected chi connectivity index (χ4v) is 5.56. The minimum Gasteiger partial charge on any atom is -0.487 e. The predicted octanol–water partition coefficient (Wildman–Crippen LogP) is 9.06. The molecule has 7 heteroatoms. The predicted molar refractivity (Wildman–Crippen MR) is 177 cm³/mol. The standard InChI is InChI=1S/C37H41ClN2O4/c1-4-5-6-7-11-17-35(37(42)43)40-23-31-19-34(38)36(20-33(31)30-18-29(26(3)41)21-39-22-30)44-24-28-15-12-16-32(25(28)2)27-13-9-8-10-14-27/h8-10,12-16,18-22,35,40H,4-7,11,17,23-24H2,1-3H3,(H,42,43)/t35-/m0/s1. The first-order valence-electron chi connectivity index (χ1n) is 15.3. The van der Waals surface area contributed by atoms with Gasteiger partial charge >= 0.3 is 5.97 Å². The van der Waals surface area contributed by atoms with Crippen molar-refractivity contribution in [3.05, 3.63) is 106 Å². The second-order valence-corrected chi connectivity index (χ2v) is 11.6. The Labute approximate surface area is 265 Å². The third-order valence-corrected chi connectivity index (χ3v) is 8.26. The molecule has 3 aromatic carbocycles. The van der Waals surface area contributed by atoms with Crippen molar-refractivity contribution in [1.82, 2.24) is 10.3 Å². The molecule has 0 aliphatic carbocycles. The molecule has 0 spiro atoms. The summed E-state index contributed by atoms with van der Waals surface area (Å²) in [5.41, 5.74) is 7.24. The van der Waals surface area contributed by atoms with Crippen molar-refractivity contribution in [2.75, 3.05) is 0 Å². The van der Waals surface area contributed by atoms with Gasteiger partial charge in [0.05, 0.1) is 5.02 Å². The highest BCUT2D eigenvalue weighted by atomic mass is 35.5. The monoisotopic (exact) mass is 612 g/mol. The first-order chi connectivity index (χ1) is 21.3. The Balaban J connectivity index is 1.60. The number of carbonyl (C=O) groups is 2. The summed E-state index contributed by atoms with van der Waals surface area (Å²) in [4.78, 5) is 28.5. The summed E-state index contributed by atoms with van der Waals surface area (Å²) in [5.74, 6) is -0.470. The van der Waals surface area contributed by atoms with E-state index in [1.165, 1.54) is 6.92 Å². The van der Waals surface area contributed by atoms with Gasteiger partial charge in [-0.25, -0.2) is 0 Å². The van der Waals surface area contributed by atoms with E-state index in [9.17, 15) is 14.7 Å². The minimum absolute atomic E-state index is 0.0905. The number of carboxylic acid groups (broad SMARTS) is 1. The van der Waals surface area contributed by atoms with Gasteiger partial charge in [0.2, 0.25) is 0 Å². The van der Waals surface area contributed by atoms with Crippen molar-refractivity contribution in [2.45, 2.75) is 78.5 Å². The molecule has 0 aliphatic heterocycles. The zero-order valence-electron chi connectivity index (χ0n) is 25.7. The van der Waals surface area contributed by atoms with Crippen molar-refractivity contribution < 1.29 is 19.4 Å². The lowest BCUT2D eigenvalue weighted by molar-refractivity contribution is -0.139. The van der Waals surface area contributed by atoms with Gasteiger partial charge in [-0.2, -0.15) is 0 Å². The molecule has 0 radical (unpaired) electrons. The number of hydrogen-bond donors (Lipinski definition) is 2. The fourth-order valence-electron chi connectivity index (χ4n) is 5.32. The minimum atomic E-state index is -0.874. The molecule has 0 saturated carbocycles. The largest absolute Gasteiger partial charge is 0.487 e. The van der Waals surface area contributed by atoms with Crippen LogP contribution in [0.4, 0.5) is 0 Å². The van der Waals surface area contributed by atoms with Crippen LogP contribution in [-0.4, -0.2) is 27.9 Å². The maximum atomic E-state index is 12.1. The average Bonchev–Trinajstić information content (AvgIpc) is 3.02. The number of halogens is 1. The van der Waals surface area contributed by atoms with E-state index in [2.05, 4.69) is 42.3 Å². The fraction of sp³-hybridized carbons (Fsp3) is 0.324. The van der Waals surface area contributed by atoms with Crippen molar-refractivity contribution in [3.8, 4) is 28.0 Å². The number of aromatic nitrogens is 1. The van der Waals surface area contributed by atoms with E-state index in [0.717, 1.165) is 71.0 Å². The number of benzene rings is 3. The molecule has 4 rings (SSSR count). The van der Waals surface area contributed by atoms with Crippen molar-refractivity contribution in [2.24, 2.45) is 0 Å². The maximum absolute atomic E-state index is 12.1. The summed E-state index contributed by atoms with van der Waals surface area (Å²) in [6.07, 6.45) is 9.05. The highest BCUT2D eigenvalue weighted by molar-refractivity contribution is 6.32. The molecule has 1 atom stereocenters. The summed E-state index contributed by atoms with van der Waals surface area (Å²) >= 11 is 6.77. The summed E-state index contributed by atoms with van der Waals surface area (Å²) in [7, 11) is 0. The molecule has 0 amide bonds. The first kappa shape index (κ1) is 32.9. The SMILES string of the molecule is CCCCCCC[C@H](NCc1cc(Cl)c(OCc2cccc(-c3ccccc3)c2C)cc1-c1cncc(C(C)=O)c1)C(=O)O. The van der Waals surface area contributed by atoms with Crippen LogP contribution in [0.15, 0.2) is 79.1 Å². The van der Waals surface area contributed by atoms with Gasteiger partial charge < -0.3 is 15.2 Å². The van der Waals surface area contributed by atoms with Gasteiger partial charge in [0.1, 0.15) is 18.4 Å². The van der Waals surface area contributed by atoms with Crippen molar-refractivity contribution >= 4 is 23.4 Å². The Kier molecular flexibility index (Phi) is 12.1. The third kappa shape index (κ3) is 8.77.